The van der Waals surface area contributed by atoms with Crippen molar-refractivity contribution in [3.8, 4) is 0 Å². The molecule has 0 radical (unpaired) electrons. The number of rotatable bonds is 1. The molecule has 1 N–H and O–H groups in total. The van der Waals surface area contributed by atoms with Crippen molar-refractivity contribution in [2.24, 2.45) is 0 Å². The van der Waals surface area contributed by atoms with Crippen LogP contribution in [-0.4, -0.2) is 39.6 Å². The van der Waals surface area contributed by atoms with Crippen LogP contribution in [0.15, 0.2) is 18.2 Å². The monoisotopic (exact) mass is 252 g/mol. The molecule has 1 saturated heterocycles. The lowest BCUT2D eigenvalue weighted by Gasteiger charge is -2.29. The van der Waals surface area contributed by atoms with E-state index >= 15 is 0 Å². The Balaban J connectivity index is 1.81. The van der Waals surface area contributed by atoms with Gasteiger partial charge in [0.15, 0.2) is 9.84 Å². The van der Waals surface area contributed by atoms with E-state index in [0.717, 1.165) is 18.7 Å². The topological polar surface area (TPSA) is 49.4 Å². The van der Waals surface area contributed by atoms with Crippen molar-refractivity contribution in [3.05, 3.63) is 23.8 Å². The van der Waals surface area contributed by atoms with E-state index in [1.54, 1.807) is 0 Å². The Bertz CT molecular complexity index is 525. The first-order chi connectivity index (χ1) is 8.14. The van der Waals surface area contributed by atoms with Crippen LogP contribution in [0.25, 0.3) is 0 Å². The molecule has 0 aliphatic carbocycles. The number of hydrogen-bond acceptors (Lipinski definition) is 4. The van der Waals surface area contributed by atoms with E-state index < -0.39 is 9.84 Å². The second kappa shape index (κ2) is 3.91. The van der Waals surface area contributed by atoms with Crippen LogP contribution in [0, 0.1) is 0 Å². The van der Waals surface area contributed by atoms with Crippen molar-refractivity contribution in [3.63, 3.8) is 0 Å². The number of nitrogens with zero attached hydrogens (tertiary/aromatic N) is 1. The number of hydrogen-bond donors (Lipinski definition) is 1. The molecule has 0 saturated carbocycles. The summed E-state index contributed by atoms with van der Waals surface area (Å²) in [6.45, 7) is 2.25. The molecule has 0 spiro atoms. The highest BCUT2D eigenvalue weighted by atomic mass is 32.2. The molecule has 4 nitrogen and oxygen atoms in total. The minimum atomic E-state index is -2.79. The van der Waals surface area contributed by atoms with Crippen molar-refractivity contribution >= 4 is 21.2 Å². The van der Waals surface area contributed by atoms with Crippen molar-refractivity contribution in [2.75, 3.05) is 41.4 Å². The van der Waals surface area contributed by atoms with Crippen molar-refractivity contribution in [2.45, 2.75) is 6.42 Å². The fourth-order valence-electron chi connectivity index (χ4n) is 2.46. The summed E-state index contributed by atoms with van der Waals surface area (Å²) in [4.78, 5) is 2.17. The maximum absolute atomic E-state index is 11.4. The number of fused-ring (bicyclic) bond motifs is 1. The third-order valence-corrected chi connectivity index (χ3v) is 5.12. The minimum Gasteiger partial charge on any atom is -0.384 e. The minimum absolute atomic E-state index is 0.280. The highest BCUT2D eigenvalue weighted by Gasteiger charge is 2.22. The van der Waals surface area contributed by atoms with Gasteiger partial charge in [-0.25, -0.2) is 8.42 Å². The molecule has 92 valence electrons. The molecule has 1 aromatic rings. The first-order valence-electron chi connectivity index (χ1n) is 5.96. The molecule has 3 rings (SSSR count). The Morgan fingerprint density at radius 2 is 1.94 bits per heavy atom. The summed E-state index contributed by atoms with van der Waals surface area (Å²) in [5.41, 5.74) is 3.72. The van der Waals surface area contributed by atoms with Gasteiger partial charge in [0.05, 0.1) is 11.5 Å². The summed E-state index contributed by atoms with van der Waals surface area (Å²) in [5, 5.41) is 3.33. The van der Waals surface area contributed by atoms with E-state index in [0.29, 0.717) is 13.1 Å². The van der Waals surface area contributed by atoms with Gasteiger partial charge in [0.25, 0.3) is 0 Å². The Labute approximate surface area is 102 Å². The zero-order chi connectivity index (χ0) is 11.9. The zero-order valence-electron chi connectivity index (χ0n) is 9.65. The third-order valence-electron chi connectivity index (χ3n) is 3.51. The highest BCUT2D eigenvalue weighted by Crippen LogP contribution is 2.27. The summed E-state index contributed by atoms with van der Waals surface area (Å²) in [5.74, 6) is 0.560. The predicted molar refractivity (Wildman–Crippen MR) is 69.5 cm³/mol. The molecule has 1 aromatic carbocycles. The van der Waals surface area contributed by atoms with E-state index in [9.17, 15) is 8.42 Å². The van der Waals surface area contributed by atoms with Gasteiger partial charge >= 0.3 is 0 Å². The maximum atomic E-state index is 11.4. The third kappa shape index (κ3) is 2.11. The van der Waals surface area contributed by atoms with Gasteiger partial charge in [0.1, 0.15) is 0 Å². The van der Waals surface area contributed by atoms with Crippen LogP contribution in [0.2, 0.25) is 0 Å². The summed E-state index contributed by atoms with van der Waals surface area (Å²) >= 11 is 0. The van der Waals surface area contributed by atoms with E-state index in [1.165, 1.54) is 11.3 Å². The van der Waals surface area contributed by atoms with E-state index in [2.05, 4.69) is 28.4 Å². The fourth-order valence-corrected chi connectivity index (χ4v) is 3.66. The van der Waals surface area contributed by atoms with Crippen LogP contribution in [0.3, 0.4) is 0 Å². The average molecular weight is 252 g/mol. The van der Waals surface area contributed by atoms with Crippen molar-refractivity contribution in [1.29, 1.82) is 0 Å². The largest absolute Gasteiger partial charge is 0.384 e. The molecule has 0 amide bonds. The number of benzene rings is 1. The van der Waals surface area contributed by atoms with Crippen LogP contribution in [0.5, 0.6) is 0 Å². The van der Waals surface area contributed by atoms with Crippen molar-refractivity contribution in [1.82, 2.24) is 0 Å². The molecular formula is C12H16N2O2S. The van der Waals surface area contributed by atoms with E-state index in [-0.39, 0.29) is 11.5 Å². The molecule has 0 bridgehead atoms. The Kier molecular flexibility index (Phi) is 2.50. The molecule has 0 aromatic heterocycles. The van der Waals surface area contributed by atoms with Crippen LogP contribution in [-0.2, 0) is 16.3 Å². The van der Waals surface area contributed by atoms with E-state index in [4.69, 9.17) is 0 Å². The number of anilines is 2. The first kappa shape index (κ1) is 10.9. The summed E-state index contributed by atoms with van der Waals surface area (Å²) < 4.78 is 22.8. The SMILES string of the molecule is O=S1(=O)CCN(c2ccc3c(c2)CCN3)CC1. The number of sulfone groups is 1. The average Bonchev–Trinajstić information content (AvgIpc) is 2.76. The standard InChI is InChI=1S/C12H16N2O2S/c15-17(16)7-5-14(6-8-17)11-1-2-12-10(9-11)3-4-13-12/h1-2,9,13H,3-8H2. The zero-order valence-corrected chi connectivity index (χ0v) is 10.5. The lowest BCUT2D eigenvalue weighted by atomic mass is 10.1. The van der Waals surface area contributed by atoms with Gasteiger partial charge in [-0.2, -0.15) is 0 Å². The van der Waals surface area contributed by atoms with Crippen molar-refractivity contribution < 1.29 is 8.42 Å². The van der Waals surface area contributed by atoms with Gasteiger partial charge in [-0.1, -0.05) is 0 Å². The van der Waals surface area contributed by atoms with Crippen LogP contribution < -0.4 is 10.2 Å². The molecule has 2 aliphatic rings. The molecule has 0 atom stereocenters. The lowest BCUT2D eigenvalue weighted by Crippen LogP contribution is -2.40. The maximum Gasteiger partial charge on any atom is 0.153 e. The molecule has 0 unspecified atom stereocenters. The molecular weight excluding hydrogens is 236 g/mol. The second-order valence-corrected chi connectivity index (χ2v) is 6.96. The Hall–Kier alpha value is -1.23. The highest BCUT2D eigenvalue weighted by molar-refractivity contribution is 7.91. The van der Waals surface area contributed by atoms with Crippen LogP contribution >= 0.6 is 0 Å². The second-order valence-electron chi connectivity index (χ2n) is 4.66. The molecule has 1 fully saturated rings. The summed E-state index contributed by atoms with van der Waals surface area (Å²) in [6.07, 6.45) is 1.06. The molecule has 2 aliphatic heterocycles. The van der Waals surface area contributed by atoms with Crippen LogP contribution in [0.1, 0.15) is 5.56 Å². The van der Waals surface area contributed by atoms with Gasteiger partial charge < -0.3 is 10.2 Å². The predicted octanol–water partition coefficient (Wildman–Crippen LogP) is 0.889. The first-order valence-corrected chi connectivity index (χ1v) is 7.78. The smallest absolute Gasteiger partial charge is 0.153 e. The normalized spacial score (nSPS) is 22.0. The molecule has 17 heavy (non-hydrogen) atoms. The van der Waals surface area contributed by atoms with Gasteiger partial charge in [-0.05, 0) is 30.2 Å². The Morgan fingerprint density at radius 1 is 1.18 bits per heavy atom. The summed E-state index contributed by atoms with van der Waals surface area (Å²) in [7, 11) is -2.79. The molecule has 5 heteroatoms. The van der Waals surface area contributed by atoms with Gasteiger partial charge in [-0.3, -0.25) is 0 Å². The Morgan fingerprint density at radius 3 is 2.71 bits per heavy atom. The summed E-state index contributed by atoms with van der Waals surface area (Å²) in [6, 6.07) is 6.36. The van der Waals surface area contributed by atoms with E-state index in [1.807, 2.05) is 0 Å². The van der Waals surface area contributed by atoms with Gasteiger partial charge in [-0.15, -0.1) is 0 Å². The number of nitrogens with one attached hydrogen (secondary N) is 1. The fraction of sp³-hybridized carbons (Fsp3) is 0.500. The van der Waals surface area contributed by atoms with Gasteiger partial charge in [0, 0.05) is 31.0 Å². The quantitative estimate of drug-likeness (QED) is 0.806. The molecule has 2 heterocycles. The van der Waals surface area contributed by atoms with Crippen LogP contribution in [0.4, 0.5) is 11.4 Å². The van der Waals surface area contributed by atoms with Gasteiger partial charge in [0.2, 0.25) is 0 Å². The lowest BCUT2D eigenvalue weighted by molar-refractivity contribution is 0.587.